The van der Waals surface area contributed by atoms with Gasteiger partial charge in [-0.25, -0.2) is 22.9 Å². The van der Waals surface area contributed by atoms with Crippen molar-refractivity contribution in [1.29, 1.82) is 0 Å². The maximum atomic E-state index is 14.0. The molecule has 0 amide bonds. The highest BCUT2D eigenvalue weighted by Gasteiger charge is 2.42. The Morgan fingerprint density at radius 1 is 0.932 bits per heavy atom. The van der Waals surface area contributed by atoms with Crippen LogP contribution in [0.1, 0.15) is 54.9 Å². The Kier molecular flexibility index (Phi) is 9.66. The van der Waals surface area contributed by atoms with Crippen LogP contribution in [0, 0.1) is 0 Å². The number of carbonyl (C=O) groups excluding carboxylic acids is 1. The predicted octanol–water partition coefficient (Wildman–Crippen LogP) is 6.10. The zero-order valence-electron chi connectivity index (χ0n) is 25.2. The Hall–Kier alpha value is -4.21. The number of cyclic esters (lactones) is 1. The zero-order valence-corrected chi connectivity index (χ0v) is 26.0. The molecule has 0 bridgehead atoms. The van der Waals surface area contributed by atoms with Crippen molar-refractivity contribution in [1.82, 2.24) is 4.72 Å². The molecule has 5 rings (SSSR count). The number of nitrogens with one attached hydrogen (secondary N) is 1. The second-order valence-electron chi connectivity index (χ2n) is 11.2. The van der Waals surface area contributed by atoms with Crippen molar-refractivity contribution in [2.75, 3.05) is 18.5 Å². The minimum Gasteiger partial charge on any atom is -0.511 e. The lowest BCUT2D eigenvalue weighted by atomic mass is 9.81. The molecule has 2 aliphatic rings. The van der Waals surface area contributed by atoms with Crippen molar-refractivity contribution in [3.05, 3.63) is 119 Å². The van der Waals surface area contributed by atoms with Crippen LogP contribution in [0.3, 0.4) is 0 Å². The Morgan fingerprint density at radius 2 is 1.57 bits per heavy atom. The Balaban J connectivity index is 1.53. The van der Waals surface area contributed by atoms with E-state index in [1.807, 2.05) is 49.4 Å². The molecule has 0 atom stereocenters. The van der Waals surface area contributed by atoms with Gasteiger partial charge in [-0.3, -0.25) is 0 Å². The van der Waals surface area contributed by atoms with E-state index < -0.39 is 21.6 Å². The van der Waals surface area contributed by atoms with Gasteiger partial charge >= 0.3 is 5.97 Å². The van der Waals surface area contributed by atoms with Crippen LogP contribution in [-0.4, -0.2) is 43.9 Å². The fourth-order valence-electron chi connectivity index (χ4n) is 6.00. The third kappa shape index (κ3) is 6.79. The lowest BCUT2D eigenvalue weighted by Gasteiger charge is -2.38. The molecular formula is C35H39N3O5S. The molecule has 9 heteroatoms. The van der Waals surface area contributed by atoms with Crippen LogP contribution in [-0.2, 0) is 38.8 Å². The van der Waals surface area contributed by atoms with Gasteiger partial charge in [0.15, 0.2) is 0 Å². The number of hydrogen-bond donors (Lipinski definition) is 2. The number of ether oxygens (including phenoxy) is 1. The van der Waals surface area contributed by atoms with Crippen LogP contribution >= 0.6 is 0 Å². The number of carbonyl (C=O) groups is 1. The normalized spacial score (nSPS) is 16.5. The average Bonchev–Trinajstić information content (AvgIpc) is 3.04. The molecule has 0 unspecified atom stereocenters. The van der Waals surface area contributed by atoms with Crippen LogP contribution in [0.15, 0.2) is 102 Å². The van der Waals surface area contributed by atoms with Crippen molar-refractivity contribution in [2.45, 2.75) is 57.5 Å². The number of aliphatic hydroxyl groups excluding tert-OH is 1. The molecule has 230 valence electrons. The molecule has 0 spiro atoms. The van der Waals surface area contributed by atoms with E-state index in [1.165, 1.54) is 13.2 Å². The number of anilines is 1. The lowest BCUT2D eigenvalue weighted by Crippen LogP contribution is -2.43. The second kappa shape index (κ2) is 13.6. The molecule has 0 aromatic heterocycles. The van der Waals surface area contributed by atoms with Crippen LogP contribution < -0.4 is 9.62 Å². The lowest BCUT2D eigenvalue weighted by molar-refractivity contribution is -0.157. The molecular weight excluding hydrogens is 574 g/mol. The number of aliphatic hydroxyl groups is 1. The van der Waals surface area contributed by atoms with E-state index in [4.69, 9.17) is 4.74 Å². The van der Waals surface area contributed by atoms with Gasteiger partial charge in [-0.2, -0.15) is 0 Å². The quantitative estimate of drug-likeness (QED) is 0.253. The summed E-state index contributed by atoms with van der Waals surface area (Å²) in [6.07, 6.45) is 7.26. The van der Waals surface area contributed by atoms with E-state index in [1.54, 1.807) is 23.1 Å². The van der Waals surface area contributed by atoms with Gasteiger partial charge in [-0.1, -0.05) is 86.1 Å². The third-order valence-electron chi connectivity index (χ3n) is 8.25. The second-order valence-corrected chi connectivity index (χ2v) is 13.0. The van der Waals surface area contributed by atoms with E-state index in [9.17, 15) is 18.3 Å². The van der Waals surface area contributed by atoms with Gasteiger partial charge in [0.1, 0.15) is 16.9 Å². The number of hydrogen-bond acceptors (Lipinski definition) is 7. The summed E-state index contributed by atoms with van der Waals surface area (Å²) in [5.41, 5.74) is 3.44. The smallest absolute Gasteiger partial charge is 0.342 e. The SMILES string of the molecule is CCCc1c(C2=C(O)CC(CCc3ccccc3)(CCc3ccccc3)OC2=O)cccc1N1CC=CN=C1S(=O)(=O)NC. The first kappa shape index (κ1) is 31.2. The third-order valence-corrected chi connectivity index (χ3v) is 9.59. The maximum absolute atomic E-state index is 14.0. The van der Waals surface area contributed by atoms with Crippen molar-refractivity contribution in [2.24, 2.45) is 4.99 Å². The monoisotopic (exact) mass is 613 g/mol. The number of amidine groups is 1. The number of esters is 1. The Morgan fingerprint density at radius 3 is 2.14 bits per heavy atom. The Bertz CT molecular complexity index is 1640. The number of sulfonamides is 1. The summed E-state index contributed by atoms with van der Waals surface area (Å²) in [5.74, 6) is -0.577. The molecule has 2 heterocycles. The highest BCUT2D eigenvalue weighted by molar-refractivity contribution is 8.05. The minimum absolute atomic E-state index is 0.00727. The fourth-order valence-corrected chi connectivity index (χ4v) is 6.84. The van der Waals surface area contributed by atoms with E-state index in [0.717, 1.165) is 23.1 Å². The minimum atomic E-state index is -3.86. The molecule has 0 saturated carbocycles. The molecule has 0 aliphatic carbocycles. The molecule has 2 aliphatic heterocycles. The van der Waals surface area contributed by atoms with Gasteiger partial charge in [-0.15, -0.1) is 0 Å². The number of benzene rings is 3. The van der Waals surface area contributed by atoms with Gasteiger partial charge in [-0.05, 0) is 73.5 Å². The molecule has 2 N–H and O–H groups in total. The van der Waals surface area contributed by atoms with E-state index in [-0.39, 0.29) is 29.5 Å². The van der Waals surface area contributed by atoms with E-state index >= 15 is 0 Å². The highest BCUT2D eigenvalue weighted by Crippen LogP contribution is 2.42. The number of nitrogens with zero attached hydrogens (tertiary/aromatic N) is 2. The summed E-state index contributed by atoms with van der Waals surface area (Å²) >= 11 is 0. The summed E-state index contributed by atoms with van der Waals surface area (Å²) in [6, 6.07) is 25.5. The van der Waals surface area contributed by atoms with Crippen molar-refractivity contribution >= 4 is 32.4 Å². The summed E-state index contributed by atoms with van der Waals surface area (Å²) in [4.78, 5) is 19.8. The van der Waals surface area contributed by atoms with Crippen molar-refractivity contribution in [3.63, 3.8) is 0 Å². The van der Waals surface area contributed by atoms with Gasteiger partial charge in [0.05, 0.1) is 0 Å². The van der Waals surface area contributed by atoms with Gasteiger partial charge < -0.3 is 14.7 Å². The van der Waals surface area contributed by atoms with Gasteiger partial charge in [0.25, 0.3) is 10.0 Å². The number of rotatable bonds is 11. The van der Waals surface area contributed by atoms with Crippen LogP contribution in [0.5, 0.6) is 0 Å². The van der Waals surface area contributed by atoms with Gasteiger partial charge in [0.2, 0.25) is 5.17 Å². The molecule has 0 saturated heterocycles. The maximum Gasteiger partial charge on any atom is 0.342 e. The zero-order chi connectivity index (χ0) is 31.2. The fraction of sp³-hybridized carbons (Fsp3) is 0.314. The summed E-state index contributed by atoms with van der Waals surface area (Å²) < 4.78 is 34.4. The van der Waals surface area contributed by atoms with E-state index in [0.29, 0.717) is 43.4 Å². The summed E-state index contributed by atoms with van der Waals surface area (Å²) in [6.45, 7) is 2.30. The topological polar surface area (TPSA) is 108 Å². The largest absolute Gasteiger partial charge is 0.511 e. The summed E-state index contributed by atoms with van der Waals surface area (Å²) in [7, 11) is -2.51. The average molecular weight is 614 g/mol. The Labute approximate surface area is 259 Å². The van der Waals surface area contributed by atoms with Crippen molar-refractivity contribution in [3.8, 4) is 0 Å². The molecule has 3 aromatic rings. The van der Waals surface area contributed by atoms with Crippen LogP contribution in [0.4, 0.5) is 5.69 Å². The van der Waals surface area contributed by atoms with Crippen LogP contribution in [0.25, 0.3) is 5.57 Å². The summed E-state index contributed by atoms with van der Waals surface area (Å²) in [5, 5.41) is 11.5. The predicted molar refractivity (Wildman–Crippen MR) is 175 cm³/mol. The molecule has 44 heavy (non-hydrogen) atoms. The molecule has 3 aromatic carbocycles. The molecule has 8 nitrogen and oxygen atoms in total. The standard InChI is InChI=1S/C35H39N3O5S/c1-3-12-28-29(17-10-18-30(28)38-24-11-23-37-34(38)44(41,42)36-2)32-31(39)25-35(43-33(32)40,21-19-26-13-6-4-7-14-26)22-20-27-15-8-5-9-16-27/h4-11,13-18,23,36,39H,3,12,19-22,24-25H2,1-2H3. The number of aryl methyl sites for hydroxylation is 2. The first-order valence-corrected chi connectivity index (χ1v) is 16.5. The first-order valence-electron chi connectivity index (χ1n) is 15.1. The first-order chi connectivity index (χ1) is 21.3. The van der Waals surface area contributed by atoms with Gasteiger partial charge in [0, 0.05) is 24.9 Å². The number of aliphatic imine (C=N–C) groups is 1. The van der Waals surface area contributed by atoms with Crippen LogP contribution in [0.2, 0.25) is 0 Å². The molecule has 0 fully saturated rings. The van der Waals surface area contributed by atoms with E-state index in [2.05, 4.69) is 34.0 Å². The molecule has 0 radical (unpaired) electrons. The van der Waals surface area contributed by atoms with Crippen molar-refractivity contribution < 1.29 is 23.1 Å². The highest BCUT2D eigenvalue weighted by atomic mass is 32.2.